The molecule has 0 unspecified atom stereocenters. The van der Waals surface area contributed by atoms with Crippen molar-refractivity contribution in [1.29, 1.82) is 0 Å². The molecule has 1 amide bonds. The van der Waals surface area contributed by atoms with Crippen LogP contribution in [0.25, 0.3) is 0 Å². The van der Waals surface area contributed by atoms with Crippen LogP contribution >= 0.6 is 11.6 Å². The van der Waals surface area contributed by atoms with Gasteiger partial charge in [0.2, 0.25) is 5.91 Å². The Bertz CT molecular complexity index is 652. The molecule has 0 saturated carbocycles. The summed E-state index contributed by atoms with van der Waals surface area (Å²) in [4.78, 5) is 16.6. The van der Waals surface area contributed by atoms with Crippen LogP contribution in [-0.4, -0.2) is 48.4 Å². The van der Waals surface area contributed by atoms with Crippen molar-refractivity contribution in [2.75, 3.05) is 32.7 Å². The Morgan fingerprint density at radius 3 is 2.62 bits per heavy atom. The van der Waals surface area contributed by atoms with Crippen LogP contribution in [0.4, 0.5) is 0 Å². The number of furan rings is 1. The van der Waals surface area contributed by atoms with Gasteiger partial charge in [-0.15, -0.1) is 0 Å². The fourth-order valence-corrected chi connectivity index (χ4v) is 3.07. The second-order valence-corrected chi connectivity index (χ2v) is 6.47. The smallest absolute Gasteiger partial charge is 0.234 e. The number of halogens is 1. The largest absolute Gasteiger partial charge is 0.467 e. The first-order valence-corrected chi connectivity index (χ1v) is 8.55. The highest BCUT2D eigenvalue weighted by Crippen LogP contribution is 2.13. The highest BCUT2D eigenvalue weighted by molar-refractivity contribution is 6.30. The molecular formula is C18H22ClN3O2. The summed E-state index contributed by atoms with van der Waals surface area (Å²) in [6, 6.07) is 11.7. The van der Waals surface area contributed by atoms with E-state index in [1.807, 2.05) is 30.3 Å². The lowest BCUT2D eigenvalue weighted by atomic mass is 10.2. The van der Waals surface area contributed by atoms with Crippen LogP contribution in [0.15, 0.2) is 47.1 Å². The lowest BCUT2D eigenvalue weighted by Crippen LogP contribution is -2.49. The van der Waals surface area contributed by atoms with E-state index in [0.29, 0.717) is 13.1 Å². The number of carbonyl (C=O) groups excluding carboxylic acids is 1. The zero-order valence-corrected chi connectivity index (χ0v) is 14.3. The van der Waals surface area contributed by atoms with Gasteiger partial charge < -0.3 is 9.73 Å². The van der Waals surface area contributed by atoms with Gasteiger partial charge in [0.1, 0.15) is 5.76 Å². The normalized spacial score (nSPS) is 16.2. The predicted octanol–water partition coefficient (Wildman–Crippen LogP) is 2.37. The number of benzene rings is 1. The molecule has 5 nitrogen and oxygen atoms in total. The Labute approximate surface area is 147 Å². The molecule has 128 valence electrons. The van der Waals surface area contributed by atoms with E-state index >= 15 is 0 Å². The molecule has 0 aliphatic carbocycles. The molecule has 0 atom stereocenters. The van der Waals surface area contributed by atoms with E-state index in [1.54, 1.807) is 6.26 Å². The molecule has 0 bridgehead atoms. The van der Waals surface area contributed by atoms with Gasteiger partial charge in [-0.1, -0.05) is 23.7 Å². The minimum absolute atomic E-state index is 0.0368. The van der Waals surface area contributed by atoms with Crippen molar-refractivity contribution >= 4 is 17.5 Å². The van der Waals surface area contributed by atoms with Crippen LogP contribution in [0.5, 0.6) is 0 Å². The highest BCUT2D eigenvalue weighted by Gasteiger charge is 2.19. The Hall–Kier alpha value is -1.82. The standard InChI is InChI=1S/C18H22ClN3O2/c19-16-4-1-3-15(11-16)13-21-6-8-22(9-7-21)14-18(23)20-12-17-5-2-10-24-17/h1-5,10-11H,6-9,12-14H2,(H,20,23). The molecule has 2 heterocycles. The van der Waals surface area contributed by atoms with Gasteiger partial charge in [0.05, 0.1) is 19.4 Å². The Morgan fingerprint density at radius 2 is 1.92 bits per heavy atom. The third-order valence-electron chi connectivity index (χ3n) is 4.17. The van der Waals surface area contributed by atoms with Crippen molar-refractivity contribution in [3.63, 3.8) is 0 Å². The van der Waals surface area contributed by atoms with E-state index in [2.05, 4.69) is 21.2 Å². The zero-order valence-electron chi connectivity index (χ0n) is 13.6. The van der Waals surface area contributed by atoms with Gasteiger partial charge in [-0.05, 0) is 29.8 Å². The quantitative estimate of drug-likeness (QED) is 0.871. The van der Waals surface area contributed by atoms with Crippen molar-refractivity contribution in [2.24, 2.45) is 0 Å². The molecule has 0 radical (unpaired) electrons. The number of carbonyl (C=O) groups is 1. The van der Waals surface area contributed by atoms with Crippen molar-refractivity contribution in [2.45, 2.75) is 13.1 Å². The molecule has 1 aliphatic heterocycles. The SMILES string of the molecule is O=C(CN1CCN(Cc2cccc(Cl)c2)CC1)NCc1ccco1. The fourth-order valence-electron chi connectivity index (χ4n) is 2.86. The summed E-state index contributed by atoms with van der Waals surface area (Å²) in [5, 5.41) is 3.66. The minimum Gasteiger partial charge on any atom is -0.467 e. The zero-order chi connectivity index (χ0) is 16.8. The van der Waals surface area contributed by atoms with E-state index in [4.69, 9.17) is 16.0 Å². The van der Waals surface area contributed by atoms with E-state index < -0.39 is 0 Å². The first-order chi connectivity index (χ1) is 11.7. The number of hydrogen-bond donors (Lipinski definition) is 1. The molecule has 1 aromatic heterocycles. The molecule has 1 saturated heterocycles. The molecule has 2 aromatic rings. The summed E-state index contributed by atoms with van der Waals surface area (Å²) >= 11 is 6.03. The highest BCUT2D eigenvalue weighted by atomic mass is 35.5. The van der Waals surface area contributed by atoms with Crippen molar-refractivity contribution in [1.82, 2.24) is 15.1 Å². The lowest BCUT2D eigenvalue weighted by molar-refractivity contribution is -0.122. The molecule has 1 N–H and O–H groups in total. The van der Waals surface area contributed by atoms with E-state index in [-0.39, 0.29) is 5.91 Å². The summed E-state index contributed by atoms with van der Waals surface area (Å²) in [6.45, 7) is 5.49. The van der Waals surface area contributed by atoms with Gasteiger partial charge >= 0.3 is 0 Å². The van der Waals surface area contributed by atoms with Gasteiger partial charge in [-0.2, -0.15) is 0 Å². The van der Waals surface area contributed by atoms with Crippen LogP contribution in [-0.2, 0) is 17.9 Å². The number of nitrogens with one attached hydrogen (secondary N) is 1. The van der Waals surface area contributed by atoms with Crippen LogP contribution in [0, 0.1) is 0 Å². The van der Waals surface area contributed by atoms with Crippen LogP contribution < -0.4 is 5.32 Å². The first kappa shape index (κ1) is 17.0. The van der Waals surface area contributed by atoms with E-state index in [1.165, 1.54) is 5.56 Å². The number of amides is 1. The average Bonchev–Trinajstić information content (AvgIpc) is 3.08. The molecule has 3 rings (SSSR count). The number of nitrogens with zero attached hydrogens (tertiary/aromatic N) is 2. The third-order valence-corrected chi connectivity index (χ3v) is 4.40. The first-order valence-electron chi connectivity index (χ1n) is 8.17. The predicted molar refractivity (Wildman–Crippen MR) is 93.7 cm³/mol. The van der Waals surface area contributed by atoms with E-state index in [0.717, 1.165) is 43.5 Å². The van der Waals surface area contributed by atoms with Gasteiger partial charge in [0.25, 0.3) is 0 Å². The van der Waals surface area contributed by atoms with Crippen molar-refractivity contribution < 1.29 is 9.21 Å². The molecule has 1 fully saturated rings. The second-order valence-electron chi connectivity index (χ2n) is 6.04. The van der Waals surface area contributed by atoms with Crippen LogP contribution in [0.1, 0.15) is 11.3 Å². The maximum absolute atomic E-state index is 12.0. The summed E-state index contributed by atoms with van der Waals surface area (Å²) in [5.74, 6) is 0.810. The summed E-state index contributed by atoms with van der Waals surface area (Å²) in [6.07, 6.45) is 1.61. The summed E-state index contributed by atoms with van der Waals surface area (Å²) < 4.78 is 5.21. The van der Waals surface area contributed by atoms with Gasteiger partial charge in [0, 0.05) is 37.7 Å². The van der Waals surface area contributed by atoms with Crippen LogP contribution in [0.3, 0.4) is 0 Å². The molecule has 0 spiro atoms. The maximum atomic E-state index is 12.0. The Balaban J connectivity index is 1.38. The van der Waals surface area contributed by atoms with Gasteiger partial charge in [0.15, 0.2) is 0 Å². The number of hydrogen-bond acceptors (Lipinski definition) is 4. The molecule has 6 heteroatoms. The number of piperazine rings is 1. The average molecular weight is 348 g/mol. The Morgan fingerprint density at radius 1 is 1.12 bits per heavy atom. The molecule has 1 aromatic carbocycles. The van der Waals surface area contributed by atoms with Crippen molar-refractivity contribution in [3.8, 4) is 0 Å². The minimum atomic E-state index is 0.0368. The van der Waals surface area contributed by atoms with Gasteiger partial charge in [-0.25, -0.2) is 0 Å². The topological polar surface area (TPSA) is 48.7 Å². The number of rotatable bonds is 6. The van der Waals surface area contributed by atoms with Crippen molar-refractivity contribution in [3.05, 3.63) is 59.0 Å². The fraction of sp³-hybridized carbons (Fsp3) is 0.389. The van der Waals surface area contributed by atoms with Crippen LogP contribution in [0.2, 0.25) is 5.02 Å². The third kappa shape index (κ3) is 5.09. The monoisotopic (exact) mass is 347 g/mol. The van der Waals surface area contributed by atoms with E-state index in [9.17, 15) is 4.79 Å². The molecular weight excluding hydrogens is 326 g/mol. The molecule has 1 aliphatic rings. The maximum Gasteiger partial charge on any atom is 0.234 e. The Kier molecular flexibility index (Phi) is 5.91. The lowest BCUT2D eigenvalue weighted by Gasteiger charge is -2.34. The summed E-state index contributed by atoms with van der Waals surface area (Å²) in [7, 11) is 0. The molecule has 24 heavy (non-hydrogen) atoms. The summed E-state index contributed by atoms with van der Waals surface area (Å²) in [5.41, 5.74) is 1.23. The second kappa shape index (κ2) is 8.33. The van der Waals surface area contributed by atoms with Gasteiger partial charge in [-0.3, -0.25) is 14.6 Å².